The number of aromatic nitrogens is 1. The van der Waals surface area contributed by atoms with E-state index < -0.39 is 10.0 Å². The Kier molecular flexibility index (Phi) is 6.28. The van der Waals surface area contributed by atoms with E-state index in [0.717, 1.165) is 23.8 Å². The number of nitrogens with zero attached hydrogens (tertiary/aromatic N) is 1. The van der Waals surface area contributed by atoms with Gasteiger partial charge in [0.2, 0.25) is 10.0 Å². The van der Waals surface area contributed by atoms with Crippen molar-refractivity contribution < 1.29 is 17.9 Å². The fourth-order valence-corrected chi connectivity index (χ4v) is 5.39. The minimum Gasteiger partial charge on any atom is -0.377 e. The summed E-state index contributed by atoms with van der Waals surface area (Å²) in [5.41, 5.74) is 2.23. The van der Waals surface area contributed by atoms with Gasteiger partial charge < -0.3 is 9.72 Å². The molecule has 0 bridgehead atoms. The number of nitrogens with one attached hydrogen (secondary N) is 1. The molecule has 3 aromatic rings. The molecule has 32 heavy (non-hydrogen) atoms. The Morgan fingerprint density at radius 2 is 1.91 bits per heavy atom. The van der Waals surface area contributed by atoms with E-state index >= 15 is 0 Å². The second-order valence-electron chi connectivity index (χ2n) is 8.23. The molecular formula is C24H26N2O5S. The van der Waals surface area contributed by atoms with Gasteiger partial charge in [0.1, 0.15) is 0 Å². The molecule has 1 N–H and O–H groups in total. The van der Waals surface area contributed by atoms with Crippen LogP contribution < -0.4 is 5.56 Å². The summed E-state index contributed by atoms with van der Waals surface area (Å²) in [7, 11) is -3.92. The summed E-state index contributed by atoms with van der Waals surface area (Å²) in [5, 5.41) is 0.838. The largest absolute Gasteiger partial charge is 0.377 e. The number of pyridine rings is 1. The van der Waals surface area contributed by atoms with Crippen molar-refractivity contribution in [2.24, 2.45) is 0 Å². The highest BCUT2D eigenvalue weighted by molar-refractivity contribution is 7.89. The van der Waals surface area contributed by atoms with Crippen LogP contribution in [-0.4, -0.2) is 42.7 Å². The number of ether oxygens (including phenoxy) is 1. The molecule has 1 fully saturated rings. The summed E-state index contributed by atoms with van der Waals surface area (Å²) in [6.07, 6.45) is 1.42. The van der Waals surface area contributed by atoms with Crippen LogP contribution in [0.25, 0.3) is 10.9 Å². The Morgan fingerprint density at radius 3 is 2.56 bits per heavy atom. The first-order valence-electron chi connectivity index (χ1n) is 10.6. The van der Waals surface area contributed by atoms with Crippen molar-refractivity contribution >= 4 is 26.7 Å². The van der Waals surface area contributed by atoms with E-state index in [9.17, 15) is 18.0 Å². The standard InChI is InChI=1S/C24H26N2O5S/c1-16-5-6-19-13-20(24(28)25-23(19)12-16)14-26(15-21-4-3-11-31-21)32(29,30)22-9-7-18(8-10-22)17(2)27/h5-10,12-13,21H,3-4,11,14-15H2,1-2H3,(H,25,28)/t21-/m0/s1. The fourth-order valence-electron chi connectivity index (χ4n) is 3.94. The molecule has 2 heterocycles. The summed E-state index contributed by atoms with van der Waals surface area (Å²) in [6.45, 7) is 4.05. The topological polar surface area (TPSA) is 96.5 Å². The molecular weight excluding hydrogens is 428 g/mol. The van der Waals surface area contributed by atoms with Crippen molar-refractivity contribution in [1.29, 1.82) is 0 Å². The fraction of sp³-hybridized carbons (Fsp3) is 0.333. The lowest BCUT2D eigenvalue weighted by molar-refractivity contribution is 0.0925. The smallest absolute Gasteiger partial charge is 0.252 e. The molecule has 1 saturated heterocycles. The third-order valence-electron chi connectivity index (χ3n) is 5.75. The van der Waals surface area contributed by atoms with Crippen molar-refractivity contribution in [3.63, 3.8) is 0 Å². The number of carbonyl (C=O) groups is 1. The number of aromatic amines is 1. The Labute approximate surface area is 187 Å². The van der Waals surface area contributed by atoms with E-state index in [0.29, 0.717) is 23.3 Å². The van der Waals surface area contributed by atoms with Crippen molar-refractivity contribution in [2.75, 3.05) is 13.2 Å². The molecule has 168 valence electrons. The van der Waals surface area contributed by atoms with Crippen LogP contribution in [0, 0.1) is 6.92 Å². The van der Waals surface area contributed by atoms with Crippen LogP contribution in [0.1, 0.15) is 41.3 Å². The quantitative estimate of drug-likeness (QED) is 0.552. The molecule has 8 heteroatoms. The summed E-state index contributed by atoms with van der Waals surface area (Å²) in [4.78, 5) is 27.3. The number of carbonyl (C=O) groups excluding carboxylic acids is 1. The number of hydrogen-bond acceptors (Lipinski definition) is 5. The van der Waals surface area contributed by atoms with Gasteiger partial charge in [-0.2, -0.15) is 4.31 Å². The molecule has 0 amide bonds. The third kappa shape index (κ3) is 4.67. The minimum atomic E-state index is -3.92. The van der Waals surface area contributed by atoms with E-state index in [-0.39, 0.29) is 35.4 Å². The highest BCUT2D eigenvalue weighted by atomic mass is 32.2. The Bertz CT molecular complexity index is 1310. The Hall–Kier alpha value is -2.81. The number of ketones is 1. The maximum absolute atomic E-state index is 13.5. The van der Waals surface area contributed by atoms with E-state index in [4.69, 9.17) is 4.74 Å². The van der Waals surface area contributed by atoms with Crippen LogP contribution in [0.5, 0.6) is 0 Å². The van der Waals surface area contributed by atoms with Gasteiger partial charge in [-0.25, -0.2) is 8.42 Å². The molecule has 0 spiro atoms. The van der Waals surface area contributed by atoms with Gasteiger partial charge >= 0.3 is 0 Å². The van der Waals surface area contributed by atoms with Gasteiger partial charge in [-0.15, -0.1) is 0 Å². The van der Waals surface area contributed by atoms with Crippen LogP contribution in [0.3, 0.4) is 0 Å². The summed E-state index contributed by atoms with van der Waals surface area (Å²) < 4.78 is 34.0. The normalized spacial score (nSPS) is 16.7. The second kappa shape index (κ2) is 8.97. The van der Waals surface area contributed by atoms with Crippen molar-refractivity contribution in [2.45, 2.75) is 44.2 Å². The lowest BCUT2D eigenvalue weighted by Gasteiger charge is -2.25. The van der Waals surface area contributed by atoms with E-state index in [1.165, 1.54) is 35.5 Å². The van der Waals surface area contributed by atoms with Crippen molar-refractivity contribution in [3.05, 3.63) is 75.6 Å². The van der Waals surface area contributed by atoms with Gasteiger partial charge in [0.05, 0.1) is 11.0 Å². The average molecular weight is 455 g/mol. The Morgan fingerprint density at radius 1 is 1.16 bits per heavy atom. The van der Waals surface area contributed by atoms with E-state index in [1.54, 1.807) is 6.07 Å². The van der Waals surface area contributed by atoms with Gasteiger partial charge in [-0.3, -0.25) is 9.59 Å². The monoisotopic (exact) mass is 454 g/mol. The number of rotatable bonds is 7. The number of sulfonamides is 1. The van der Waals surface area contributed by atoms with Gasteiger partial charge in [-0.1, -0.05) is 24.3 Å². The number of hydrogen-bond donors (Lipinski definition) is 1. The molecule has 1 aliphatic rings. The Balaban J connectivity index is 1.71. The molecule has 1 aliphatic heterocycles. The molecule has 0 saturated carbocycles. The second-order valence-corrected chi connectivity index (χ2v) is 10.2. The highest BCUT2D eigenvalue weighted by Gasteiger charge is 2.30. The molecule has 0 unspecified atom stereocenters. The van der Waals surface area contributed by atoms with Crippen molar-refractivity contribution in [3.8, 4) is 0 Å². The molecule has 1 aromatic heterocycles. The molecule has 4 rings (SSSR count). The lowest BCUT2D eigenvalue weighted by atomic mass is 10.1. The van der Waals surface area contributed by atoms with Gasteiger partial charge in [0.25, 0.3) is 5.56 Å². The number of H-pyrrole nitrogens is 1. The van der Waals surface area contributed by atoms with Crippen LogP contribution in [0.4, 0.5) is 0 Å². The first-order chi connectivity index (χ1) is 15.2. The summed E-state index contributed by atoms with van der Waals surface area (Å²) in [6, 6.07) is 13.4. The zero-order valence-corrected chi connectivity index (χ0v) is 18.9. The molecule has 7 nitrogen and oxygen atoms in total. The van der Waals surface area contributed by atoms with E-state index in [2.05, 4.69) is 4.98 Å². The maximum atomic E-state index is 13.5. The number of fused-ring (bicyclic) bond motifs is 1. The highest BCUT2D eigenvalue weighted by Crippen LogP contribution is 2.23. The van der Waals surface area contributed by atoms with Gasteiger partial charge in [-0.05, 0) is 61.9 Å². The summed E-state index contributed by atoms with van der Waals surface area (Å²) in [5.74, 6) is -0.136. The first-order valence-corrected chi connectivity index (χ1v) is 12.0. The van der Waals surface area contributed by atoms with Gasteiger partial charge in [0, 0.05) is 36.3 Å². The molecule has 2 aromatic carbocycles. The molecule has 0 aliphatic carbocycles. The zero-order valence-electron chi connectivity index (χ0n) is 18.1. The van der Waals surface area contributed by atoms with Crippen LogP contribution in [-0.2, 0) is 21.3 Å². The average Bonchev–Trinajstić information content (AvgIpc) is 3.27. The van der Waals surface area contributed by atoms with Crippen molar-refractivity contribution in [1.82, 2.24) is 9.29 Å². The zero-order chi connectivity index (χ0) is 22.9. The molecule has 1 atom stereocenters. The summed E-state index contributed by atoms with van der Waals surface area (Å²) >= 11 is 0. The first kappa shape index (κ1) is 22.4. The van der Waals surface area contributed by atoms with E-state index in [1.807, 2.05) is 25.1 Å². The van der Waals surface area contributed by atoms with Gasteiger partial charge in [0.15, 0.2) is 5.78 Å². The van der Waals surface area contributed by atoms with Crippen LogP contribution >= 0.6 is 0 Å². The maximum Gasteiger partial charge on any atom is 0.252 e. The number of benzene rings is 2. The predicted molar refractivity (Wildman–Crippen MR) is 122 cm³/mol. The SMILES string of the molecule is CC(=O)c1ccc(S(=O)(=O)N(Cc2cc3ccc(C)cc3[nH]c2=O)C[C@@H]2CCCO2)cc1. The van der Waals surface area contributed by atoms with Crippen LogP contribution in [0.15, 0.2) is 58.2 Å². The lowest BCUT2D eigenvalue weighted by Crippen LogP contribution is -2.38. The number of Topliss-reactive ketones (excluding diaryl/α,β-unsaturated/α-hetero) is 1. The number of aryl methyl sites for hydroxylation is 1. The molecule has 0 radical (unpaired) electrons. The minimum absolute atomic E-state index is 0.0736. The third-order valence-corrected chi connectivity index (χ3v) is 7.58. The predicted octanol–water partition coefficient (Wildman–Crippen LogP) is 3.41. The van der Waals surface area contributed by atoms with Crippen LogP contribution in [0.2, 0.25) is 0 Å².